The topological polar surface area (TPSA) is 55.2 Å². The number of nitrogens with one attached hydrogen (secondary N) is 1. The molecule has 0 aliphatic heterocycles. The Hall–Kier alpha value is -1.40. The third kappa shape index (κ3) is 3.33. The highest BCUT2D eigenvalue weighted by molar-refractivity contribution is 9.11. The molecule has 0 atom stereocenters. The lowest BCUT2D eigenvalue weighted by Gasteiger charge is -2.09. The van der Waals surface area contributed by atoms with E-state index in [1.165, 1.54) is 6.07 Å². The predicted molar refractivity (Wildman–Crippen MR) is 82.3 cm³/mol. The van der Waals surface area contributed by atoms with Crippen molar-refractivity contribution in [3.05, 3.63) is 67.1 Å². The highest BCUT2D eigenvalue weighted by Gasteiger charge is 2.14. The van der Waals surface area contributed by atoms with Gasteiger partial charge in [0.1, 0.15) is 4.47 Å². The Kier molecular flexibility index (Phi) is 4.55. The molecular formula is C13H10Br2N2O2. The monoisotopic (exact) mass is 384 g/mol. The van der Waals surface area contributed by atoms with Gasteiger partial charge < -0.3 is 5.32 Å². The minimum atomic E-state index is -0.397. The smallest absolute Gasteiger partial charge is 0.283 e. The van der Waals surface area contributed by atoms with Crippen LogP contribution in [0.1, 0.15) is 5.56 Å². The van der Waals surface area contributed by atoms with E-state index in [0.29, 0.717) is 11.0 Å². The fourth-order valence-electron chi connectivity index (χ4n) is 1.64. The van der Waals surface area contributed by atoms with E-state index in [1.807, 2.05) is 30.3 Å². The van der Waals surface area contributed by atoms with Crippen LogP contribution in [0.4, 0.5) is 11.4 Å². The second kappa shape index (κ2) is 6.16. The first-order valence-electron chi connectivity index (χ1n) is 5.50. The van der Waals surface area contributed by atoms with E-state index >= 15 is 0 Å². The van der Waals surface area contributed by atoms with E-state index in [4.69, 9.17) is 0 Å². The number of halogens is 2. The first kappa shape index (κ1) is 14.0. The third-order valence-corrected chi connectivity index (χ3v) is 4.21. The summed E-state index contributed by atoms with van der Waals surface area (Å²) in [5.74, 6) is 0. The van der Waals surface area contributed by atoms with E-state index in [9.17, 15) is 10.1 Å². The van der Waals surface area contributed by atoms with Crippen LogP contribution >= 0.6 is 31.9 Å². The molecule has 0 unspecified atom stereocenters. The van der Waals surface area contributed by atoms with Crippen LogP contribution in [0.3, 0.4) is 0 Å². The molecule has 0 spiro atoms. The summed E-state index contributed by atoms with van der Waals surface area (Å²) in [5, 5.41) is 14.1. The standard InChI is InChI=1S/C13H10Br2N2O2/c14-10-5-1-2-6-11(10)16-8-9-4-3-7-12(13(9)15)17(18)19/h1-7,16H,8H2. The minimum Gasteiger partial charge on any atom is -0.380 e. The van der Waals surface area contributed by atoms with Crippen LogP contribution < -0.4 is 5.32 Å². The highest BCUT2D eigenvalue weighted by Crippen LogP contribution is 2.29. The first-order valence-corrected chi connectivity index (χ1v) is 7.08. The maximum Gasteiger partial charge on any atom is 0.283 e. The average molecular weight is 386 g/mol. The molecule has 0 radical (unpaired) electrons. The van der Waals surface area contributed by atoms with E-state index < -0.39 is 4.92 Å². The lowest BCUT2D eigenvalue weighted by Crippen LogP contribution is -2.02. The van der Waals surface area contributed by atoms with Gasteiger partial charge in [0.05, 0.1) is 4.92 Å². The summed E-state index contributed by atoms with van der Waals surface area (Å²) in [7, 11) is 0. The van der Waals surface area contributed by atoms with Gasteiger partial charge in [0, 0.05) is 22.8 Å². The lowest BCUT2D eigenvalue weighted by atomic mass is 10.2. The van der Waals surface area contributed by atoms with Crippen molar-refractivity contribution in [3.8, 4) is 0 Å². The second-order valence-electron chi connectivity index (χ2n) is 3.84. The van der Waals surface area contributed by atoms with E-state index in [2.05, 4.69) is 37.2 Å². The second-order valence-corrected chi connectivity index (χ2v) is 5.49. The van der Waals surface area contributed by atoms with Gasteiger partial charge in [-0.2, -0.15) is 0 Å². The maximum atomic E-state index is 10.8. The quantitative estimate of drug-likeness (QED) is 0.611. The average Bonchev–Trinajstić information content (AvgIpc) is 2.39. The lowest BCUT2D eigenvalue weighted by molar-refractivity contribution is -0.385. The van der Waals surface area contributed by atoms with Gasteiger partial charge in [0.2, 0.25) is 0 Å². The molecule has 0 bridgehead atoms. The highest BCUT2D eigenvalue weighted by atomic mass is 79.9. The number of rotatable bonds is 4. The normalized spacial score (nSPS) is 10.2. The fourth-order valence-corrected chi connectivity index (χ4v) is 2.61. The molecule has 2 aromatic rings. The van der Waals surface area contributed by atoms with Crippen molar-refractivity contribution >= 4 is 43.2 Å². The van der Waals surface area contributed by atoms with Gasteiger partial charge in [0.25, 0.3) is 5.69 Å². The van der Waals surface area contributed by atoms with Crippen LogP contribution in [0.15, 0.2) is 51.4 Å². The van der Waals surface area contributed by atoms with Crippen molar-refractivity contribution in [2.45, 2.75) is 6.54 Å². The van der Waals surface area contributed by atoms with Gasteiger partial charge in [0.15, 0.2) is 0 Å². The van der Waals surface area contributed by atoms with Crippen molar-refractivity contribution < 1.29 is 4.92 Å². The largest absolute Gasteiger partial charge is 0.380 e. The Bertz CT molecular complexity index is 617. The van der Waals surface area contributed by atoms with Gasteiger partial charge in [-0.15, -0.1) is 0 Å². The molecule has 0 amide bonds. The summed E-state index contributed by atoms with van der Waals surface area (Å²) < 4.78 is 1.47. The summed E-state index contributed by atoms with van der Waals surface area (Å²) in [6, 6.07) is 12.7. The van der Waals surface area contributed by atoms with Gasteiger partial charge >= 0.3 is 0 Å². The van der Waals surface area contributed by atoms with E-state index in [1.54, 1.807) is 6.07 Å². The van der Waals surface area contributed by atoms with Crippen LogP contribution in [-0.4, -0.2) is 4.92 Å². The fraction of sp³-hybridized carbons (Fsp3) is 0.0769. The van der Waals surface area contributed by atoms with E-state index in [0.717, 1.165) is 15.7 Å². The Labute approximate surface area is 127 Å². The van der Waals surface area contributed by atoms with Crippen molar-refractivity contribution in [2.75, 3.05) is 5.32 Å². The Balaban J connectivity index is 2.19. The Morgan fingerprint density at radius 3 is 2.53 bits per heavy atom. The number of hydrogen-bond donors (Lipinski definition) is 1. The van der Waals surface area contributed by atoms with Crippen LogP contribution in [-0.2, 0) is 6.54 Å². The molecular weight excluding hydrogens is 376 g/mol. The molecule has 0 saturated carbocycles. The Morgan fingerprint density at radius 2 is 1.84 bits per heavy atom. The van der Waals surface area contributed by atoms with Crippen molar-refractivity contribution in [2.24, 2.45) is 0 Å². The molecule has 0 heterocycles. The number of hydrogen-bond acceptors (Lipinski definition) is 3. The van der Waals surface area contributed by atoms with Crippen molar-refractivity contribution in [1.82, 2.24) is 0 Å². The van der Waals surface area contributed by atoms with Gasteiger partial charge in [-0.1, -0.05) is 24.3 Å². The molecule has 1 N–H and O–H groups in total. The summed E-state index contributed by atoms with van der Waals surface area (Å²) >= 11 is 6.72. The van der Waals surface area contributed by atoms with Crippen molar-refractivity contribution in [3.63, 3.8) is 0 Å². The summed E-state index contributed by atoms with van der Waals surface area (Å²) in [4.78, 5) is 10.5. The predicted octanol–water partition coefficient (Wildman–Crippen LogP) is 4.73. The van der Waals surface area contributed by atoms with Gasteiger partial charge in [-0.25, -0.2) is 0 Å². The molecule has 0 fully saturated rings. The zero-order chi connectivity index (χ0) is 13.8. The number of nitrogens with zero attached hydrogens (tertiary/aromatic N) is 1. The molecule has 98 valence electrons. The summed E-state index contributed by atoms with van der Waals surface area (Å²) in [6.07, 6.45) is 0. The molecule has 0 saturated heterocycles. The molecule has 2 aromatic carbocycles. The molecule has 4 nitrogen and oxygen atoms in total. The molecule has 6 heteroatoms. The molecule has 19 heavy (non-hydrogen) atoms. The molecule has 0 aliphatic rings. The zero-order valence-corrected chi connectivity index (χ0v) is 12.9. The number of para-hydroxylation sites is 1. The summed E-state index contributed by atoms with van der Waals surface area (Å²) in [5.41, 5.74) is 1.86. The van der Waals surface area contributed by atoms with Gasteiger partial charge in [-0.3, -0.25) is 10.1 Å². The number of benzene rings is 2. The van der Waals surface area contributed by atoms with Crippen LogP contribution in [0.5, 0.6) is 0 Å². The van der Waals surface area contributed by atoms with Crippen LogP contribution in [0.2, 0.25) is 0 Å². The van der Waals surface area contributed by atoms with E-state index in [-0.39, 0.29) is 5.69 Å². The summed E-state index contributed by atoms with van der Waals surface area (Å²) in [6.45, 7) is 0.505. The minimum absolute atomic E-state index is 0.0754. The maximum absolute atomic E-state index is 10.8. The van der Waals surface area contributed by atoms with Crippen LogP contribution in [0.25, 0.3) is 0 Å². The van der Waals surface area contributed by atoms with Crippen LogP contribution in [0, 0.1) is 10.1 Å². The first-order chi connectivity index (χ1) is 9.09. The molecule has 0 aliphatic carbocycles. The molecule has 0 aromatic heterocycles. The molecule has 2 rings (SSSR count). The SMILES string of the molecule is O=[N+]([O-])c1cccc(CNc2ccccc2Br)c1Br. The Morgan fingerprint density at radius 1 is 1.11 bits per heavy atom. The number of nitro groups is 1. The number of nitro benzene ring substituents is 1. The third-order valence-electron chi connectivity index (χ3n) is 2.60. The zero-order valence-electron chi connectivity index (χ0n) is 9.77. The van der Waals surface area contributed by atoms with Gasteiger partial charge in [-0.05, 0) is 49.6 Å². The number of anilines is 1. The van der Waals surface area contributed by atoms with Crippen molar-refractivity contribution in [1.29, 1.82) is 0 Å².